The fourth-order valence-electron chi connectivity index (χ4n) is 3.25. The van der Waals surface area contributed by atoms with Crippen molar-refractivity contribution in [3.8, 4) is 11.5 Å². The molecule has 1 amide bonds. The van der Waals surface area contributed by atoms with Crippen molar-refractivity contribution >= 4 is 43.8 Å². The van der Waals surface area contributed by atoms with Crippen molar-refractivity contribution in [2.75, 3.05) is 6.26 Å². The smallest absolute Gasteiger partial charge is 0.275 e. The fourth-order valence-corrected chi connectivity index (χ4v) is 5.14. The molecule has 2 aromatic carbocycles. The van der Waals surface area contributed by atoms with Crippen LogP contribution in [0.2, 0.25) is 0 Å². The molecule has 2 N–H and O–H groups in total. The lowest BCUT2D eigenvalue weighted by Gasteiger charge is -2.33. The number of hydrogen-bond donors (Lipinski definition) is 2. The van der Waals surface area contributed by atoms with Gasteiger partial charge in [0.05, 0.1) is 10.3 Å². The van der Waals surface area contributed by atoms with E-state index in [1.807, 2.05) is 12.1 Å². The van der Waals surface area contributed by atoms with E-state index >= 15 is 0 Å². The third-order valence-corrected chi connectivity index (χ3v) is 7.57. The predicted octanol–water partition coefficient (Wildman–Crippen LogP) is 3.49. The predicted molar refractivity (Wildman–Crippen MR) is 131 cm³/mol. The largest absolute Gasteiger partial charge is 0.457 e. The number of aryl methyl sites for hydroxylation is 1. The van der Waals surface area contributed by atoms with Gasteiger partial charge >= 0.3 is 0 Å². The van der Waals surface area contributed by atoms with Gasteiger partial charge in [-0.25, -0.2) is 8.42 Å². The lowest BCUT2D eigenvalue weighted by atomic mass is 9.83. The van der Waals surface area contributed by atoms with Crippen molar-refractivity contribution in [1.29, 1.82) is 0 Å². The van der Waals surface area contributed by atoms with E-state index in [-0.39, 0.29) is 4.90 Å². The lowest BCUT2D eigenvalue weighted by molar-refractivity contribution is -0.148. The zero-order chi connectivity index (χ0) is 25.1. The highest BCUT2D eigenvalue weighted by Gasteiger charge is 2.44. The van der Waals surface area contributed by atoms with Gasteiger partial charge in [-0.1, -0.05) is 29.8 Å². The summed E-state index contributed by atoms with van der Waals surface area (Å²) in [4.78, 5) is 12.9. The Bertz CT molecular complexity index is 1250. The molecule has 0 saturated heterocycles. The number of amides is 1. The van der Waals surface area contributed by atoms with Crippen LogP contribution in [0.1, 0.15) is 19.7 Å². The van der Waals surface area contributed by atoms with Crippen LogP contribution in [0.15, 0.2) is 64.2 Å². The third kappa shape index (κ3) is 5.78. The molecule has 1 aromatic heterocycles. The number of hydrogen-bond acceptors (Lipinski definition) is 8. The van der Waals surface area contributed by atoms with E-state index in [9.17, 15) is 18.4 Å². The van der Waals surface area contributed by atoms with Crippen LogP contribution in [0, 0.1) is 0 Å². The van der Waals surface area contributed by atoms with Gasteiger partial charge in [0.15, 0.2) is 0 Å². The van der Waals surface area contributed by atoms with E-state index in [1.54, 1.807) is 37.6 Å². The van der Waals surface area contributed by atoms with Crippen LogP contribution in [0.25, 0.3) is 0 Å². The summed E-state index contributed by atoms with van der Waals surface area (Å²) in [7, 11) is -2.48. The molecule has 0 saturated carbocycles. The average Bonchev–Trinajstić information content (AvgIpc) is 3.25. The van der Waals surface area contributed by atoms with Crippen LogP contribution in [0.4, 0.5) is 0 Å². The van der Waals surface area contributed by atoms with Gasteiger partial charge in [-0.2, -0.15) is 9.19 Å². The topological polar surface area (TPSA) is 127 Å². The van der Waals surface area contributed by atoms with Crippen LogP contribution >= 0.6 is 27.9 Å². The number of benzene rings is 2. The Hall–Kier alpha value is -2.45. The number of hydroxylamine groups is 1. The molecule has 0 aliphatic carbocycles. The highest BCUT2D eigenvalue weighted by molar-refractivity contribution is 9.10. The molecule has 0 bridgehead atoms. The molecule has 13 heteroatoms. The maximum atomic E-state index is 13.2. The van der Waals surface area contributed by atoms with E-state index in [0.29, 0.717) is 21.8 Å². The second-order valence-electron chi connectivity index (χ2n) is 7.86. The maximum absolute atomic E-state index is 13.2. The Morgan fingerprint density at radius 1 is 1.18 bits per heavy atom. The molecule has 0 fully saturated rings. The van der Waals surface area contributed by atoms with Crippen LogP contribution in [-0.4, -0.2) is 51.1 Å². The quantitative estimate of drug-likeness (QED) is 0.228. The van der Waals surface area contributed by atoms with Gasteiger partial charge in [-0.15, -0.1) is 10.2 Å². The number of aromatic nitrogens is 3. The molecule has 10 nitrogen and oxygen atoms in total. The second kappa shape index (κ2) is 10.4. The minimum atomic E-state index is -4.17. The average molecular weight is 570 g/mol. The Balaban J connectivity index is 1.88. The molecular weight excluding hydrogens is 546 g/mol. The summed E-state index contributed by atoms with van der Waals surface area (Å²) in [5.74, 6) is 0.547. The summed E-state index contributed by atoms with van der Waals surface area (Å²) in [6.45, 7) is 3.29. The number of ether oxygens (including phenoxy) is 1. The minimum absolute atomic E-state index is 0.0733. The standard InChI is InChI=1S/C21H24BrN5O5S2/c1-21(2,20-24-23-13-26(20)3)18(19(28)27(29)33-4)25-34(30,31)17-11-9-16(10-12-17)32-15-7-5-14(22)6-8-15/h5-13,18,25,29H,1-4H3/t18-/m1/s1. The van der Waals surface area contributed by atoms with Crippen molar-refractivity contribution in [2.24, 2.45) is 7.05 Å². The van der Waals surface area contributed by atoms with Gasteiger partial charge in [0.25, 0.3) is 5.91 Å². The normalized spacial score (nSPS) is 12.9. The first-order valence-corrected chi connectivity index (χ1v) is 13.4. The molecular formula is C21H24BrN5O5S2. The van der Waals surface area contributed by atoms with Crippen molar-refractivity contribution in [1.82, 2.24) is 24.0 Å². The lowest BCUT2D eigenvalue weighted by Crippen LogP contribution is -2.56. The van der Waals surface area contributed by atoms with Crippen molar-refractivity contribution in [2.45, 2.75) is 30.2 Å². The first kappa shape index (κ1) is 26.2. The monoisotopic (exact) mass is 569 g/mol. The van der Waals surface area contributed by atoms with Gasteiger partial charge in [-0.3, -0.25) is 10.0 Å². The number of nitrogens with zero attached hydrogens (tertiary/aromatic N) is 4. The summed E-state index contributed by atoms with van der Waals surface area (Å²) < 4.78 is 37.5. The molecule has 0 aliphatic rings. The SMILES string of the molecule is CSN(O)C(=O)[C@@H](NS(=O)(=O)c1ccc(Oc2ccc(Br)cc2)cc1)C(C)(C)c1nncn1C. The van der Waals surface area contributed by atoms with Gasteiger partial charge < -0.3 is 9.30 Å². The van der Waals surface area contributed by atoms with Gasteiger partial charge in [0.2, 0.25) is 10.0 Å². The highest BCUT2D eigenvalue weighted by atomic mass is 79.9. The fraction of sp³-hybridized carbons (Fsp3) is 0.286. The van der Waals surface area contributed by atoms with Gasteiger partial charge in [0.1, 0.15) is 29.7 Å². The van der Waals surface area contributed by atoms with Crippen LogP contribution in [0.3, 0.4) is 0 Å². The highest BCUT2D eigenvalue weighted by Crippen LogP contribution is 2.29. The zero-order valence-corrected chi connectivity index (χ0v) is 22.1. The summed E-state index contributed by atoms with van der Waals surface area (Å²) >= 11 is 4.10. The Morgan fingerprint density at radius 3 is 2.24 bits per heavy atom. The first-order valence-electron chi connectivity index (χ1n) is 9.93. The summed E-state index contributed by atoms with van der Waals surface area (Å²) in [6.07, 6.45) is 2.94. The van der Waals surface area contributed by atoms with E-state index in [0.717, 1.165) is 16.4 Å². The summed E-state index contributed by atoms with van der Waals surface area (Å²) in [6, 6.07) is 11.6. The first-order chi connectivity index (χ1) is 16.0. The second-order valence-corrected chi connectivity index (χ2v) is 11.2. The Morgan fingerprint density at radius 2 is 1.74 bits per heavy atom. The van der Waals surface area contributed by atoms with Crippen molar-refractivity contribution < 1.29 is 23.2 Å². The van der Waals surface area contributed by atoms with Crippen molar-refractivity contribution in [3.63, 3.8) is 0 Å². The van der Waals surface area contributed by atoms with E-state index in [4.69, 9.17) is 4.74 Å². The number of carbonyl (C=O) groups excluding carboxylic acids is 1. The number of halogens is 1. The number of sulfonamides is 1. The Kier molecular flexibility index (Phi) is 8.03. The number of nitrogens with one attached hydrogen (secondary N) is 1. The minimum Gasteiger partial charge on any atom is -0.457 e. The molecule has 0 radical (unpaired) electrons. The molecule has 0 unspecified atom stereocenters. The van der Waals surface area contributed by atoms with Crippen LogP contribution < -0.4 is 9.46 Å². The molecule has 1 atom stereocenters. The number of rotatable bonds is 9. The van der Waals surface area contributed by atoms with Gasteiger partial charge in [-0.05, 0) is 60.5 Å². The van der Waals surface area contributed by atoms with E-state index < -0.39 is 27.4 Å². The van der Waals surface area contributed by atoms with Gasteiger partial charge in [0, 0.05) is 17.8 Å². The maximum Gasteiger partial charge on any atom is 0.275 e. The van der Waals surface area contributed by atoms with E-state index in [2.05, 4.69) is 30.8 Å². The Labute approximate surface area is 210 Å². The molecule has 0 spiro atoms. The van der Waals surface area contributed by atoms with E-state index in [1.165, 1.54) is 36.8 Å². The third-order valence-electron chi connectivity index (χ3n) is 5.07. The molecule has 0 aliphatic heterocycles. The zero-order valence-electron chi connectivity index (χ0n) is 18.8. The summed E-state index contributed by atoms with van der Waals surface area (Å²) in [5, 5.41) is 17.9. The van der Waals surface area contributed by atoms with Crippen molar-refractivity contribution in [3.05, 3.63) is 65.2 Å². The summed E-state index contributed by atoms with van der Waals surface area (Å²) in [5.41, 5.74) is -1.16. The van der Waals surface area contributed by atoms with Crippen LogP contribution in [0.5, 0.6) is 11.5 Å². The molecule has 34 heavy (non-hydrogen) atoms. The molecule has 3 rings (SSSR count). The molecule has 182 valence electrons. The number of carbonyl (C=O) groups is 1. The van der Waals surface area contributed by atoms with Crippen LogP contribution in [-0.2, 0) is 27.3 Å². The molecule has 1 heterocycles. The molecule has 3 aromatic rings.